The number of anilines is 2. The van der Waals surface area contributed by atoms with Gasteiger partial charge in [-0.1, -0.05) is 11.6 Å². The smallest absolute Gasteiger partial charge is 0.355 e. The second-order valence-corrected chi connectivity index (χ2v) is 8.81. The highest BCUT2D eigenvalue weighted by atomic mass is 35.5. The molecule has 34 heavy (non-hydrogen) atoms. The topological polar surface area (TPSA) is 58.0 Å². The van der Waals surface area contributed by atoms with Gasteiger partial charge in [0.25, 0.3) is 0 Å². The van der Waals surface area contributed by atoms with E-state index in [0.717, 1.165) is 43.4 Å². The average molecular weight is 487 g/mol. The molecule has 0 radical (unpaired) electrons. The molecule has 0 aliphatic carbocycles. The summed E-state index contributed by atoms with van der Waals surface area (Å²) in [5.41, 5.74) is 1.07. The van der Waals surface area contributed by atoms with Gasteiger partial charge in [-0.3, -0.25) is 9.97 Å². The standard InChI is InChI=1S/C24H22ClF3N6/c25-19-4-2-8-31-22(19)33-11-5-16(6-12-33)17-13-20-23(32-10-9-30-20)34(14-17)15-21-18(24(26,27)28)3-1-7-29-21/h1-4,7-10,13,16H,5-6,11-12,14-15H2. The van der Waals surface area contributed by atoms with Gasteiger partial charge in [-0.15, -0.1) is 0 Å². The number of fused-ring (bicyclic) bond motifs is 1. The van der Waals surface area contributed by atoms with E-state index < -0.39 is 11.7 Å². The van der Waals surface area contributed by atoms with Crippen molar-refractivity contribution in [3.8, 4) is 0 Å². The fraction of sp³-hybridized carbons (Fsp3) is 0.333. The first-order valence-corrected chi connectivity index (χ1v) is 11.4. The van der Waals surface area contributed by atoms with Crippen molar-refractivity contribution >= 4 is 29.3 Å². The van der Waals surface area contributed by atoms with Gasteiger partial charge in [0.05, 0.1) is 22.8 Å². The minimum absolute atomic E-state index is 0.00110. The van der Waals surface area contributed by atoms with E-state index in [1.807, 2.05) is 23.1 Å². The molecule has 10 heteroatoms. The molecule has 0 N–H and O–H groups in total. The van der Waals surface area contributed by atoms with Crippen LogP contribution in [0.5, 0.6) is 0 Å². The van der Waals surface area contributed by atoms with Crippen molar-refractivity contribution in [2.45, 2.75) is 25.6 Å². The van der Waals surface area contributed by atoms with Crippen molar-refractivity contribution in [3.05, 3.63) is 76.6 Å². The van der Waals surface area contributed by atoms with Crippen LogP contribution in [0.4, 0.5) is 24.8 Å². The van der Waals surface area contributed by atoms with Gasteiger partial charge in [-0.05, 0) is 54.7 Å². The molecule has 5 rings (SSSR count). The summed E-state index contributed by atoms with van der Waals surface area (Å²) in [4.78, 5) is 21.3. The molecule has 0 amide bonds. The van der Waals surface area contributed by atoms with E-state index >= 15 is 0 Å². The van der Waals surface area contributed by atoms with E-state index in [0.29, 0.717) is 23.1 Å². The van der Waals surface area contributed by atoms with Gasteiger partial charge in [0.15, 0.2) is 5.82 Å². The second-order valence-electron chi connectivity index (χ2n) is 8.41. The molecule has 0 bridgehead atoms. The van der Waals surface area contributed by atoms with Crippen molar-refractivity contribution in [1.82, 2.24) is 19.9 Å². The molecule has 1 fully saturated rings. The highest BCUT2D eigenvalue weighted by Gasteiger charge is 2.35. The Morgan fingerprint density at radius 3 is 2.38 bits per heavy atom. The molecule has 2 aliphatic heterocycles. The summed E-state index contributed by atoms with van der Waals surface area (Å²) in [5.74, 6) is 1.64. The Labute approximate surface area is 200 Å². The Bertz CT molecular complexity index is 1210. The van der Waals surface area contributed by atoms with Crippen LogP contribution in [0.15, 0.2) is 54.6 Å². The van der Waals surface area contributed by atoms with Crippen LogP contribution in [-0.2, 0) is 12.7 Å². The highest BCUT2D eigenvalue weighted by molar-refractivity contribution is 6.32. The monoisotopic (exact) mass is 486 g/mol. The zero-order chi connectivity index (χ0) is 23.7. The number of hydrogen-bond donors (Lipinski definition) is 0. The number of aromatic nitrogens is 4. The average Bonchev–Trinajstić information content (AvgIpc) is 2.84. The number of alkyl halides is 3. The van der Waals surface area contributed by atoms with Gasteiger partial charge in [0.1, 0.15) is 11.5 Å². The molecular formula is C24H22ClF3N6. The van der Waals surface area contributed by atoms with Crippen LogP contribution in [0.25, 0.3) is 6.08 Å². The zero-order valence-corrected chi connectivity index (χ0v) is 19.0. The number of hydrogen-bond acceptors (Lipinski definition) is 6. The SMILES string of the molecule is FC(F)(F)c1cccnc1CN1CC(C2CCN(c3ncccc3Cl)CC2)=Cc2nccnc21. The summed E-state index contributed by atoms with van der Waals surface area (Å²) in [6.07, 6.45) is 5.63. The molecule has 176 valence electrons. The van der Waals surface area contributed by atoms with Crippen LogP contribution in [0.1, 0.15) is 29.8 Å². The number of piperidine rings is 1. The van der Waals surface area contributed by atoms with E-state index in [2.05, 4.69) is 24.8 Å². The molecule has 6 nitrogen and oxygen atoms in total. The van der Waals surface area contributed by atoms with Gasteiger partial charge >= 0.3 is 6.18 Å². The van der Waals surface area contributed by atoms with Crippen LogP contribution >= 0.6 is 11.6 Å². The van der Waals surface area contributed by atoms with Crippen LogP contribution in [0.3, 0.4) is 0 Å². The summed E-state index contributed by atoms with van der Waals surface area (Å²) < 4.78 is 40.7. The number of rotatable bonds is 4. The Morgan fingerprint density at radius 2 is 1.62 bits per heavy atom. The third-order valence-electron chi connectivity index (χ3n) is 6.30. The Morgan fingerprint density at radius 1 is 0.912 bits per heavy atom. The highest BCUT2D eigenvalue weighted by Crippen LogP contribution is 2.37. The molecule has 3 aromatic rings. The van der Waals surface area contributed by atoms with Crippen LogP contribution in [0, 0.1) is 5.92 Å². The maximum absolute atomic E-state index is 13.6. The van der Waals surface area contributed by atoms with E-state index in [4.69, 9.17) is 11.6 Å². The Kier molecular flexibility index (Phi) is 6.12. The van der Waals surface area contributed by atoms with Gasteiger partial charge < -0.3 is 9.80 Å². The lowest BCUT2D eigenvalue weighted by molar-refractivity contribution is -0.138. The van der Waals surface area contributed by atoms with E-state index in [1.165, 1.54) is 12.3 Å². The number of halogens is 4. The maximum atomic E-state index is 13.6. The summed E-state index contributed by atoms with van der Waals surface area (Å²) >= 11 is 6.32. The maximum Gasteiger partial charge on any atom is 0.418 e. The Hall–Kier alpha value is -3.20. The van der Waals surface area contributed by atoms with Crippen molar-refractivity contribution < 1.29 is 13.2 Å². The predicted molar refractivity (Wildman–Crippen MR) is 124 cm³/mol. The minimum Gasteiger partial charge on any atom is -0.355 e. The van der Waals surface area contributed by atoms with Gasteiger partial charge in [-0.25, -0.2) is 9.97 Å². The first-order chi connectivity index (χ1) is 16.4. The fourth-order valence-corrected chi connectivity index (χ4v) is 4.90. The summed E-state index contributed by atoms with van der Waals surface area (Å²) in [5, 5.41) is 0.629. The van der Waals surface area contributed by atoms with E-state index in [-0.39, 0.29) is 18.2 Å². The van der Waals surface area contributed by atoms with Crippen molar-refractivity contribution in [2.24, 2.45) is 5.92 Å². The quantitative estimate of drug-likeness (QED) is 0.501. The van der Waals surface area contributed by atoms with E-state index in [1.54, 1.807) is 18.6 Å². The van der Waals surface area contributed by atoms with Crippen LogP contribution in [-0.4, -0.2) is 39.6 Å². The molecule has 0 unspecified atom stereocenters. The van der Waals surface area contributed by atoms with Crippen molar-refractivity contribution in [2.75, 3.05) is 29.4 Å². The first-order valence-electron chi connectivity index (χ1n) is 11.0. The zero-order valence-electron chi connectivity index (χ0n) is 18.2. The molecule has 3 aromatic heterocycles. The molecule has 0 saturated carbocycles. The third-order valence-corrected chi connectivity index (χ3v) is 6.59. The largest absolute Gasteiger partial charge is 0.418 e. The summed E-state index contributed by atoms with van der Waals surface area (Å²) in [7, 11) is 0. The molecule has 1 saturated heterocycles. The number of nitrogens with zero attached hydrogens (tertiary/aromatic N) is 6. The van der Waals surface area contributed by atoms with Crippen molar-refractivity contribution in [1.29, 1.82) is 0 Å². The molecule has 0 aromatic carbocycles. The lowest BCUT2D eigenvalue weighted by Gasteiger charge is -2.37. The fourth-order valence-electron chi connectivity index (χ4n) is 4.66. The van der Waals surface area contributed by atoms with Crippen LogP contribution < -0.4 is 9.80 Å². The summed E-state index contributed by atoms with van der Waals surface area (Å²) in [6, 6.07) is 6.02. The third kappa shape index (κ3) is 4.57. The van der Waals surface area contributed by atoms with Gasteiger partial charge in [-0.2, -0.15) is 13.2 Å². The van der Waals surface area contributed by atoms with Gasteiger partial charge in [0, 0.05) is 44.4 Å². The van der Waals surface area contributed by atoms with Gasteiger partial charge in [0.2, 0.25) is 0 Å². The minimum atomic E-state index is -4.47. The van der Waals surface area contributed by atoms with Crippen LogP contribution in [0.2, 0.25) is 5.02 Å². The molecular weight excluding hydrogens is 465 g/mol. The predicted octanol–water partition coefficient (Wildman–Crippen LogP) is 5.26. The lowest BCUT2D eigenvalue weighted by atomic mass is 9.86. The second kappa shape index (κ2) is 9.21. The number of pyridine rings is 2. The molecule has 2 aliphatic rings. The summed E-state index contributed by atoms with van der Waals surface area (Å²) in [6.45, 7) is 2.07. The molecule has 0 atom stereocenters. The van der Waals surface area contributed by atoms with E-state index in [9.17, 15) is 13.2 Å². The Balaban J connectivity index is 1.37. The lowest BCUT2D eigenvalue weighted by Crippen LogP contribution is -2.38. The normalized spacial score (nSPS) is 16.9. The van der Waals surface area contributed by atoms with Crippen molar-refractivity contribution in [3.63, 3.8) is 0 Å². The first kappa shape index (κ1) is 22.6. The molecule has 5 heterocycles. The molecule has 0 spiro atoms.